The van der Waals surface area contributed by atoms with Gasteiger partial charge in [0.15, 0.2) is 6.61 Å². The average Bonchev–Trinajstić information content (AvgIpc) is 3.23. The van der Waals surface area contributed by atoms with Gasteiger partial charge in [-0.05, 0) is 94.7 Å². The van der Waals surface area contributed by atoms with Crippen LogP contribution in [0.3, 0.4) is 0 Å². The fraction of sp³-hybridized carbons (Fsp3) is 0.500. The maximum atomic E-state index is 13.3. The highest BCUT2D eigenvalue weighted by molar-refractivity contribution is 14.1. The van der Waals surface area contributed by atoms with Gasteiger partial charge in [-0.15, -0.1) is 0 Å². The number of benzene rings is 2. The Labute approximate surface area is 284 Å². The van der Waals surface area contributed by atoms with Crippen molar-refractivity contribution in [3.63, 3.8) is 0 Å². The van der Waals surface area contributed by atoms with E-state index in [-0.39, 0.29) is 30.6 Å². The summed E-state index contributed by atoms with van der Waals surface area (Å²) in [4.78, 5) is 42.5. The van der Waals surface area contributed by atoms with Crippen molar-refractivity contribution in [2.75, 3.05) is 37.7 Å². The maximum absolute atomic E-state index is 13.3. The summed E-state index contributed by atoms with van der Waals surface area (Å²) >= 11 is 8.35. The van der Waals surface area contributed by atoms with Gasteiger partial charge in [0.25, 0.3) is 11.8 Å². The fourth-order valence-electron chi connectivity index (χ4n) is 6.32. The molecule has 0 aliphatic carbocycles. The Balaban J connectivity index is 1.15. The molecular formula is C34H42ClIN4O5. The van der Waals surface area contributed by atoms with Crippen LogP contribution in [0, 0.1) is 0 Å². The number of carbonyl (C=O) groups is 3. The molecule has 5 rings (SSSR count). The Kier molecular flexibility index (Phi) is 11.0. The molecule has 0 radical (unpaired) electrons. The molecule has 0 saturated carbocycles. The van der Waals surface area contributed by atoms with Gasteiger partial charge in [-0.25, -0.2) is 7.91 Å². The first-order valence-electron chi connectivity index (χ1n) is 15.7. The maximum Gasteiger partial charge on any atom is 0.419 e. The van der Waals surface area contributed by atoms with Gasteiger partial charge in [0.2, 0.25) is 0 Å². The van der Waals surface area contributed by atoms with Crippen LogP contribution < -0.4 is 15.0 Å². The molecule has 0 spiro atoms. The molecule has 45 heavy (non-hydrogen) atoms. The van der Waals surface area contributed by atoms with Crippen LogP contribution in [-0.4, -0.2) is 76.4 Å². The first kappa shape index (κ1) is 33.5. The molecule has 1 N–H and O–H groups in total. The van der Waals surface area contributed by atoms with Crippen molar-refractivity contribution in [2.24, 2.45) is 0 Å². The summed E-state index contributed by atoms with van der Waals surface area (Å²) in [5.74, 6) is 0.607. The summed E-state index contributed by atoms with van der Waals surface area (Å²) in [6, 6.07) is 13.9. The predicted octanol–water partition coefficient (Wildman–Crippen LogP) is 6.87. The van der Waals surface area contributed by atoms with Crippen LogP contribution in [0.15, 0.2) is 48.5 Å². The van der Waals surface area contributed by atoms with Gasteiger partial charge in [-0.3, -0.25) is 14.5 Å². The minimum atomic E-state index is -0.519. The van der Waals surface area contributed by atoms with E-state index in [1.165, 1.54) is 5.57 Å². The Morgan fingerprint density at radius 3 is 2.69 bits per heavy atom. The van der Waals surface area contributed by atoms with E-state index >= 15 is 0 Å². The Morgan fingerprint density at radius 2 is 1.91 bits per heavy atom. The van der Waals surface area contributed by atoms with E-state index in [4.69, 9.17) is 21.1 Å². The van der Waals surface area contributed by atoms with E-state index in [9.17, 15) is 14.4 Å². The molecule has 1 fully saturated rings. The fourth-order valence-corrected chi connectivity index (χ4v) is 6.93. The lowest BCUT2D eigenvalue weighted by atomic mass is 9.91. The molecule has 3 amide bonds. The lowest BCUT2D eigenvalue weighted by molar-refractivity contribution is -0.121. The number of fused-ring (bicyclic) bond motifs is 3. The average molecular weight is 749 g/mol. The molecule has 0 aromatic heterocycles. The third-order valence-corrected chi connectivity index (χ3v) is 9.52. The number of anilines is 1. The van der Waals surface area contributed by atoms with Crippen LogP contribution in [-0.2, 0) is 9.53 Å². The van der Waals surface area contributed by atoms with E-state index < -0.39 is 5.60 Å². The number of nitrogens with one attached hydrogen (secondary N) is 1. The van der Waals surface area contributed by atoms with E-state index in [2.05, 4.69) is 16.3 Å². The second-order valence-corrected chi connectivity index (χ2v) is 14.4. The number of amides is 3. The van der Waals surface area contributed by atoms with Crippen LogP contribution in [0.4, 0.5) is 10.5 Å². The summed E-state index contributed by atoms with van der Waals surface area (Å²) in [7, 11) is 0. The lowest BCUT2D eigenvalue weighted by Crippen LogP contribution is -2.47. The number of para-hydroxylation sites is 2. The standard InChI is InChI=1S/C34H42ClIN4O5/c1-34(2,3)45-33(43)40(36)16-8-4-7-15-37-32(42)28-21-24(35)11-14-27(28)23-19-25-12-13-26(20-23)38(25)17-18-39-29-9-5-6-10-30(29)44-22-31(39)41/h5-6,9-11,14,19,21,25-26H,4,7-8,12-13,15-18,20,22H2,1-3H3,(H,37,42). The third-order valence-electron chi connectivity index (χ3n) is 8.41. The normalized spacial score (nSPS) is 19.4. The first-order valence-corrected chi connectivity index (χ1v) is 17.1. The number of nitrogens with zero attached hydrogens (tertiary/aromatic N) is 3. The highest BCUT2D eigenvalue weighted by atomic mass is 127. The zero-order valence-electron chi connectivity index (χ0n) is 26.2. The van der Waals surface area contributed by atoms with E-state index in [1.807, 2.05) is 84.9 Å². The smallest absolute Gasteiger partial charge is 0.419 e. The summed E-state index contributed by atoms with van der Waals surface area (Å²) in [5.41, 5.74) is 3.02. The number of hydrogen-bond acceptors (Lipinski definition) is 6. The van der Waals surface area contributed by atoms with Crippen molar-refractivity contribution in [2.45, 2.75) is 77.0 Å². The molecule has 2 atom stereocenters. The van der Waals surface area contributed by atoms with Crippen molar-refractivity contribution < 1.29 is 23.9 Å². The third kappa shape index (κ3) is 8.51. The second kappa shape index (κ2) is 14.7. The van der Waals surface area contributed by atoms with Gasteiger partial charge in [0.05, 0.1) is 28.6 Å². The van der Waals surface area contributed by atoms with Crippen molar-refractivity contribution >= 4 is 63.6 Å². The molecule has 1 saturated heterocycles. The quantitative estimate of drug-likeness (QED) is 0.153. The number of ether oxygens (including phenoxy) is 2. The molecule has 2 aromatic carbocycles. The predicted molar refractivity (Wildman–Crippen MR) is 185 cm³/mol. The monoisotopic (exact) mass is 748 g/mol. The van der Waals surface area contributed by atoms with Crippen molar-refractivity contribution in [3.8, 4) is 5.75 Å². The van der Waals surface area contributed by atoms with Crippen LogP contribution in [0.2, 0.25) is 5.02 Å². The molecule has 3 aliphatic rings. The Bertz CT molecular complexity index is 1440. The minimum Gasteiger partial charge on any atom is -0.482 e. The Morgan fingerprint density at radius 1 is 1.11 bits per heavy atom. The number of carbonyl (C=O) groups excluding carboxylic acids is 3. The van der Waals surface area contributed by atoms with Gasteiger partial charge in [0.1, 0.15) is 11.4 Å². The number of halogens is 2. The zero-order chi connectivity index (χ0) is 32.1. The number of hydrogen-bond donors (Lipinski definition) is 1. The van der Waals surface area contributed by atoms with Gasteiger partial charge < -0.3 is 19.7 Å². The van der Waals surface area contributed by atoms with Gasteiger partial charge in [-0.2, -0.15) is 0 Å². The van der Waals surface area contributed by atoms with E-state index in [0.717, 1.165) is 62.1 Å². The highest BCUT2D eigenvalue weighted by Crippen LogP contribution is 2.40. The molecule has 2 unspecified atom stereocenters. The Hall–Kier alpha value is -2.83. The SMILES string of the molecule is CC(C)(C)OC(=O)N(I)CCCCCNC(=O)c1cc(Cl)ccc1C1=CC2CCC(C1)N2CCN1C(=O)COc2ccccc21. The molecule has 242 valence electrons. The van der Waals surface area contributed by atoms with Gasteiger partial charge in [0, 0.05) is 48.8 Å². The van der Waals surface area contributed by atoms with Crippen LogP contribution in [0.1, 0.15) is 75.2 Å². The molecule has 3 aliphatic heterocycles. The van der Waals surface area contributed by atoms with Crippen LogP contribution in [0.5, 0.6) is 5.75 Å². The first-order chi connectivity index (χ1) is 21.5. The molecule has 11 heteroatoms. The van der Waals surface area contributed by atoms with Crippen molar-refractivity contribution in [1.82, 2.24) is 13.3 Å². The summed E-state index contributed by atoms with van der Waals surface area (Å²) in [6.45, 7) is 8.14. The lowest BCUT2D eigenvalue weighted by Gasteiger charge is -2.37. The van der Waals surface area contributed by atoms with Crippen molar-refractivity contribution in [1.29, 1.82) is 0 Å². The van der Waals surface area contributed by atoms with Crippen molar-refractivity contribution in [3.05, 3.63) is 64.7 Å². The molecule has 2 aromatic rings. The van der Waals surface area contributed by atoms with E-state index in [0.29, 0.717) is 36.3 Å². The second-order valence-electron chi connectivity index (χ2n) is 12.8. The minimum absolute atomic E-state index is 0.0149. The summed E-state index contributed by atoms with van der Waals surface area (Å²) < 4.78 is 12.6. The van der Waals surface area contributed by atoms with Gasteiger partial charge >= 0.3 is 6.09 Å². The van der Waals surface area contributed by atoms with Gasteiger partial charge in [-0.1, -0.05) is 35.9 Å². The largest absolute Gasteiger partial charge is 0.482 e. The van der Waals surface area contributed by atoms with E-state index in [1.54, 1.807) is 9.18 Å². The van der Waals surface area contributed by atoms with Crippen LogP contribution in [0.25, 0.3) is 5.57 Å². The molecule has 2 bridgehead atoms. The summed E-state index contributed by atoms with van der Waals surface area (Å²) in [6.07, 6.45) is 7.44. The highest BCUT2D eigenvalue weighted by Gasteiger charge is 2.38. The molecular weight excluding hydrogens is 707 g/mol. The van der Waals surface area contributed by atoms with Crippen LogP contribution >= 0.6 is 34.5 Å². The molecule has 9 nitrogen and oxygen atoms in total. The molecule has 3 heterocycles. The number of rotatable bonds is 11. The zero-order valence-corrected chi connectivity index (χ0v) is 29.1. The topological polar surface area (TPSA) is 91.4 Å². The number of unbranched alkanes of at least 4 members (excludes halogenated alkanes) is 2. The summed E-state index contributed by atoms with van der Waals surface area (Å²) in [5, 5.41) is 3.61.